The van der Waals surface area contributed by atoms with Crippen LogP contribution in [0.1, 0.15) is 12.8 Å². The van der Waals surface area contributed by atoms with Gasteiger partial charge in [0.05, 0.1) is 0 Å². The van der Waals surface area contributed by atoms with Gasteiger partial charge in [0.2, 0.25) is 0 Å². The van der Waals surface area contributed by atoms with Crippen molar-refractivity contribution < 1.29 is 14.3 Å². The summed E-state index contributed by atoms with van der Waals surface area (Å²) in [7, 11) is 0. The fraction of sp³-hybridized carbons (Fsp3) is 0.333. The number of rotatable bonds is 2. The molecule has 1 aliphatic rings. The number of hydrogen-bond donors (Lipinski definition) is 3. The van der Waals surface area contributed by atoms with Crippen LogP contribution in [0, 0.1) is 0 Å². The van der Waals surface area contributed by atoms with Crippen LogP contribution in [0.5, 0.6) is 0 Å². The maximum Gasteiger partial charge on any atom is 0.337 e. The molecule has 0 saturated carbocycles. The van der Waals surface area contributed by atoms with Crippen LogP contribution in [0.4, 0.5) is 10.5 Å². The molecule has 6 nitrogen and oxygen atoms in total. The highest BCUT2D eigenvalue weighted by Crippen LogP contribution is 2.13. The van der Waals surface area contributed by atoms with E-state index in [2.05, 4.69) is 16.2 Å². The number of hydrazine groups is 1. The van der Waals surface area contributed by atoms with E-state index in [9.17, 15) is 9.59 Å². The number of urea groups is 1. The molecule has 0 spiro atoms. The van der Waals surface area contributed by atoms with Gasteiger partial charge in [-0.2, -0.15) is 0 Å². The molecule has 1 aromatic carbocycles. The van der Waals surface area contributed by atoms with Crippen LogP contribution in [0.2, 0.25) is 5.02 Å². The first-order valence-electron chi connectivity index (χ1n) is 5.89. The van der Waals surface area contributed by atoms with Gasteiger partial charge >= 0.3 is 6.03 Å². The smallest absolute Gasteiger partial charge is 0.337 e. The zero-order valence-electron chi connectivity index (χ0n) is 10.1. The van der Waals surface area contributed by atoms with Gasteiger partial charge in [0, 0.05) is 17.3 Å². The van der Waals surface area contributed by atoms with Crippen LogP contribution in [0.15, 0.2) is 24.3 Å². The molecule has 1 saturated heterocycles. The van der Waals surface area contributed by atoms with E-state index >= 15 is 0 Å². The van der Waals surface area contributed by atoms with Crippen molar-refractivity contribution in [3.63, 3.8) is 0 Å². The molecule has 1 aromatic rings. The SMILES string of the molecule is O=C(NNC(=O)[C@H]1CCCO1)Nc1ccc(Cl)cc1. The minimum atomic E-state index is -0.534. The maximum absolute atomic E-state index is 11.6. The molecule has 2 rings (SSSR count). The van der Waals surface area contributed by atoms with E-state index in [1.165, 1.54) is 0 Å². The minimum absolute atomic E-state index is 0.344. The van der Waals surface area contributed by atoms with Crippen molar-refractivity contribution in [2.45, 2.75) is 18.9 Å². The molecule has 0 aromatic heterocycles. The number of benzene rings is 1. The van der Waals surface area contributed by atoms with Crippen molar-refractivity contribution in [1.82, 2.24) is 10.9 Å². The third kappa shape index (κ3) is 4.11. The summed E-state index contributed by atoms with van der Waals surface area (Å²) in [6, 6.07) is 6.09. The Morgan fingerprint density at radius 1 is 1.21 bits per heavy atom. The third-order valence-corrected chi connectivity index (χ3v) is 2.88. The van der Waals surface area contributed by atoms with Crippen LogP contribution in [-0.2, 0) is 9.53 Å². The quantitative estimate of drug-likeness (QED) is 0.723. The van der Waals surface area contributed by atoms with Gasteiger partial charge in [-0.15, -0.1) is 0 Å². The molecule has 3 N–H and O–H groups in total. The van der Waals surface area contributed by atoms with E-state index in [0.29, 0.717) is 23.7 Å². The molecule has 102 valence electrons. The molecule has 0 bridgehead atoms. The zero-order valence-corrected chi connectivity index (χ0v) is 10.9. The highest BCUT2D eigenvalue weighted by atomic mass is 35.5. The summed E-state index contributed by atoms with van der Waals surface area (Å²) in [6.45, 7) is 0.578. The number of amides is 3. The van der Waals surface area contributed by atoms with Crippen molar-refractivity contribution in [1.29, 1.82) is 0 Å². The minimum Gasteiger partial charge on any atom is -0.368 e. The summed E-state index contributed by atoms with van der Waals surface area (Å²) in [5, 5.41) is 3.13. The lowest BCUT2D eigenvalue weighted by Crippen LogP contribution is -2.47. The third-order valence-electron chi connectivity index (χ3n) is 2.62. The van der Waals surface area contributed by atoms with Gasteiger partial charge < -0.3 is 10.1 Å². The van der Waals surface area contributed by atoms with Gasteiger partial charge in [0.15, 0.2) is 0 Å². The number of ether oxygens (including phenoxy) is 1. The highest BCUT2D eigenvalue weighted by molar-refractivity contribution is 6.30. The summed E-state index contributed by atoms with van der Waals surface area (Å²) >= 11 is 5.72. The lowest BCUT2D eigenvalue weighted by molar-refractivity contribution is -0.130. The normalized spacial score (nSPS) is 17.8. The second kappa shape index (κ2) is 6.40. The van der Waals surface area contributed by atoms with Crippen LogP contribution in [0.25, 0.3) is 0 Å². The number of carbonyl (C=O) groups excluding carboxylic acids is 2. The molecule has 1 heterocycles. The van der Waals surface area contributed by atoms with Crippen LogP contribution in [-0.4, -0.2) is 24.6 Å². The molecule has 1 atom stereocenters. The van der Waals surface area contributed by atoms with Crippen molar-refractivity contribution in [3.05, 3.63) is 29.3 Å². The van der Waals surface area contributed by atoms with E-state index in [4.69, 9.17) is 16.3 Å². The molecule has 0 radical (unpaired) electrons. The summed E-state index contributed by atoms with van der Waals surface area (Å²) < 4.78 is 5.18. The number of nitrogens with one attached hydrogen (secondary N) is 3. The Balaban J connectivity index is 1.75. The second-order valence-electron chi connectivity index (χ2n) is 4.08. The predicted octanol–water partition coefficient (Wildman–Crippen LogP) is 1.67. The summed E-state index contributed by atoms with van der Waals surface area (Å²) in [5.74, 6) is -0.344. The lowest BCUT2D eigenvalue weighted by atomic mass is 10.2. The molecule has 0 aliphatic carbocycles. The monoisotopic (exact) mass is 283 g/mol. The molecular weight excluding hydrogens is 270 g/mol. The fourth-order valence-corrected chi connectivity index (χ4v) is 1.80. The first-order chi connectivity index (χ1) is 9.15. The van der Waals surface area contributed by atoms with E-state index in [-0.39, 0.29) is 5.91 Å². The predicted molar refractivity (Wildman–Crippen MR) is 70.7 cm³/mol. The number of anilines is 1. The van der Waals surface area contributed by atoms with Crippen molar-refractivity contribution >= 4 is 29.2 Å². The Kier molecular flexibility index (Phi) is 4.59. The highest BCUT2D eigenvalue weighted by Gasteiger charge is 2.23. The second-order valence-corrected chi connectivity index (χ2v) is 4.51. The first kappa shape index (κ1) is 13.6. The van der Waals surface area contributed by atoms with Gasteiger partial charge in [-0.1, -0.05) is 11.6 Å². The van der Waals surface area contributed by atoms with Crippen LogP contribution in [0.3, 0.4) is 0 Å². The van der Waals surface area contributed by atoms with E-state index < -0.39 is 12.1 Å². The average Bonchev–Trinajstić information content (AvgIpc) is 2.93. The number of halogens is 1. The van der Waals surface area contributed by atoms with Gasteiger partial charge in [0.1, 0.15) is 6.10 Å². The maximum atomic E-state index is 11.6. The van der Waals surface area contributed by atoms with Crippen molar-refractivity contribution in [2.75, 3.05) is 11.9 Å². The van der Waals surface area contributed by atoms with Crippen molar-refractivity contribution in [3.8, 4) is 0 Å². The molecule has 0 unspecified atom stereocenters. The number of carbonyl (C=O) groups is 2. The molecular formula is C12H14ClN3O3. The van der Waals surface area contributed by atoms with Crippen LogP contribution < -0.4 is 16.2 Å². The van der Waals surface area contributed by atoms with Gasteiger partial charge in [0.25, 0.3) is 5.91 Å². The first-order valence-corrected chi connectivity index (χ1v) is 6.27. The summed E-state index contributed by atoms with van der Waals surface area (Å²) in [5.41, 5.74) is 5.14. The fourth-order valence-electron chi connectivity index (χ4n) is 1.68. The topological polar surface area (TPSA) is 79.5 Å². The van der Waals surface area contributed by atoms with Gasteiger partial charge in [-0.05, 0) is 37.1 Å². The zero-order chi connectivity index (χ0) is 13.7. The van der Waals surface area contributed by atoms with E-state index in [1.54, 1.807) is 24.3 Å². The van der Waals surface area contributed by atoms with Gasteiger partial charge in [-0.25, -0.2) is 10.2 Å². The largest absolute Gasteiger partial charge is 0.368 e. The van der Waals surface area contributed by atoms with E-state index in [0.717, 1.165) is 6.42 Å². The van der Waals surface area contributed by atoms with Gasteiger partial charge in [-0.3, -0.25) is 10.2 Å². The molecule has 1 aliphatic heterocycles. The van der Waals surface area contributed by atoms with Crippen LogP contribution >= 0.6 is 11.6 Å². The Hall–Kier alpha value is -1.79. The Labute approximate surface area is 115 Å². The Morgan fingerprint density at radius 3 is 2.58 bits per heavy atom. The summed E-state index contributed by atoms with van der Waals surface area (Å²) in [4.78, 5) is 23.1. The molecule has 7 heteroatoms. The molecule has 19 heavy (non-hydrogen) atoms. The lowest BCUT2D eigenvalue weighted by Gasteiger charge is -2.12. The summed E-state index contributed by atoms with van der Waals surface area (Å²) in [6.07, 6.45) is 1.05. The average molecular weight is 284 g/mol. The Morgan fingerprint density at radius 2 is 1.95 bits per heavy atom. The standard InChI is InChI=1S/C12H14ClN3O3/c13-8-3-5-9(6-4-8)14-12(18)16-15-11(17)10-2-1-7-19-10/h3-6,10H,1-2,7H2,(H,15,17)(H2,14,16,18)/t10-/m1/s1. The Bertz CT molecular complexity index is 458. The molecule has 1 fully saturated rings. The number of hydrogen-bond acceptors (Lipinski definition) is 3. The van der Waals surface area contributed by atoms with Crippen molar-refractivity contribution in [2.24, 2.45) is 0 Å². The molecule has 3 amide bonds. The van der Waals surface area contributed by atoms with E-state index in [1.807, 2.05) is 0 Å².